The van der Waals surface area contributed by atoms with Gasteiger partial charge in [0.1, 0.15) is 0 Å². The van der Waals surface area contributed by atoms with Crippen molar-refractivity contribution in [2.45, 2.75) is 18.7 Å². The van der Waals surface area contributed by atoms with Crippen molar-refractivity contribution in [1.29, 1.82) is 0 Å². The Morgan fingerprint density at radius 3 is 2.44 bits per heavy atom. The maximum Gasteiger partial charge on any atom is 0.264 e. The summed E-state index contributed by atoms with van der Waals surface area (Å²) in [6.45, 7) is 3.78. The van der Waals surface area contributed by atoms with Crippen LogP contribution < -0.4 is 19.1 Å². The number of para-hydroxylation sites is 1. The minimum Gasteiger partial charge on any atom is -0.454 e. The summed E-state index contributed by atoms with van der Waals surface area (Å²) >= 11 is 6.24. The molecule has 0 atom stereocenters. The van der Waals surface area contributed by atoms with Gasteiger partial charge in [0, 0.05) is 24.2 Å². The van der Waals surface area contributed by atoms with E-state index in [1.54, 1.807) is 62.4 Å². The lowest BCUT2D eigenvalue weighted by molar-refractivity contribution is 0.102. The number of aryl methyl sites for hydroxylation is 1. The second-order valence-corrected chi connectivity index (χ2v) is 9.36. The van der Waals surface area contributed by atoms with Crippen LogP contribution in [0.4, 0.5) is 11.4 Å². The summed E-state index contributed by atoms with van der Waals surface area (Å²) in [5.74, 6) is 0.473. The number of halogens is 1. The third kappa shape index (κ3) is 4.11. The lowest BCUT2D eigenvalue weighted by atomic mass is 10.1. The molecule has 1 N–H and O–H groups in total. The van der Waals surface area contributed by atoms with Gasteiger partial charge in [0.05, 0.1) is 21.3 Å². The van der Waals surface area contributed by atoms with Crippen molar-refractivity contribution in [2.24, 2.45) is 0 Å². The molecular formula is C23H21ClN2O5S. The summed E-state index contributed by atoms with van der Waals surface area (Å²) in [5, 5.41) is 3.00. The van der Waals surface area contributed by atoms with Gasteiger partial charge in [-0.1, -0.05) is 35.9 Å². The van der Waals surface area contributed by atoms with Crippen molar-refractivity contribution in [3.05, 3.63) is 76.8 Å². The Labute approximate surface area is 191 Å². The third-order valence-electron chi connectivity index (χ3n) is 5.06. The molecule has 0 saturated heterocycles. The number of carbonyl (C=O) groups excluding carboxylic acids is 1. The number of fused-ring (bicyclic) bond motifs is 1. The Morgan fingerprint density at radius 2 is 1.75 bits per heavy atom. The molecule has 0 aromatic heterocycles. The highest BCUT2D eigenvalue weighted by Crippen LogP contribution is 2.39. The van der Waals surface area contributed by atoms with E-state index < -0.39 is 15.9 Å². The maximum absolute atomic E-state index is 13.4. The first-order valence-electron chi connectivity index (χ1n) is 9.90. The molecule has 166 valence electrons. The Balaban J connectivity index is 1.66. The fourth-order valence-corrected chi connectivity index (χ4v) is 5.36. The van der Waals surface area contributed by atoms with Crippen molar-refractivity contribution in [2.75, 3.05) is 23.0 Å². The van der Waals surface area contributed by atoms with E-state index in [9.17, 15) is 13.2 Å². The fourth-order valence-electron chi connectivity index (χ4n) is 3.43. The van der Waals surface area contributed by atoms with Gasteiger partial charge in [0.2, 0.25) is 6.79 Å². The average molecular weight is 473 g/mol. The van der Waals surface area contributed by atoms with Crippen LogP contribution >= 0.6 is 11.6 Å². The third-order valence-corrected chi connectivity index (χ3v) is 7.42. The van der Waals surface area contributed by atoms with Crippen LogP contribution in [0.5, 0.6) is 11.5 Å². The molecular weight excluding hydrogens is 452 g/mol. The first-order valence-corrected chi connectivity index (χ1v) is 11.7. The molecule has 9 heteroatoms. The summed E-state index contributed by atoms with van der Waals surface area (Å²) in [5.41, 5.74) is 1.62. The topological polar surface area (TPSA) is 84.9 Å². The number of rotatable bonds is 6. The number of ether oxygens (including phenoxy) is 2. The number of hydrogen-bond donors (Lipinski definition) is 1. The Morgan fingerprint density at radius 1 is 1.06 bits per heavy atom. The smallest absolute Gasteiger partial charge is 0.264 e. The molecule has 0 bridgehead atoms. The first kappa shape index (κ1) is 22.0. The van der Waals surface area contributed by atoms with Crippen molar-refractivity contribution < 1.29 is 22.7 Å². The largest absolute Gasteiger partial charge is 0.454 e. The molecule has 0 aliphatic carbocycles. The molecule has 1 heterocycles. The number of hydrogen-bond acceptors (Lipinski definition) is 5. The van der Waals surface area contributed by atoms with Gasteiger partial charge >= 0.3 is 0 Å². The van der Waals surface area contributed by atoms with Crippen molar-refractivity contribution >= 4 is 38.9 Å². The molecule has 3 aromatic rings. The number of anilines is 2. The van der Waals surface area contributed by atoms with Gasteiger partial charge in [-0.05, 0) is 43.7 Å². The molecule has 3 aromatic carbocycles. The molecule has 1 amide bonds. The molecule has 32 heavy (non-hydrogen) atoms. The summed E-state index contributed by atoms with van der Waals surface area (Å²) < 4.78 is 38.8. The number of amides is 1. The van der Waals surface area contributed by atoms with Crippen LogP contribution in [0.3, 0.4) is 0 Å². The molecule has 0 unspecified atom stereocenters. The second kappa shape index (κ2) is 8.72. The zero-order valence-electron chi connectivity index (χ0n) is 17.5. The van der Waals surface area contributed by atoms with Gasteiger partial charge in [-0.25, -0.2) is 8.42 Å². The number of nitrogens with one attached hydrogen (secondary N) is 1. The number of sulfonamides is 1. The SMILES string of the molecule is CCN(c1ccccc1)S(=O)(=O)c1cc(C(=O)Nc2cc3c(cc2Cl)OCO3)ccc1C. The van der Waals surface area contributed by atoms with Gasteiger partial charge in [-0.3, -0.25) is 9.10 Å². The van der Waals surface area contributed by atoms with E-state index >= 15 is 0 Å². The van der Waals surface area contributed by atoms with E-state index in [4.69, 9.17) is 21.1 Å². The highest BCUT2D eigenvalue weighted by molar-refractivity contribution is 7.92. The molecule has 0 fully saturated rings. The first-order chi connectivity index (χ1) is 15.3. The summed E-state index contributed by atoms with van der Waals surface area (Å²) in [6, 6.07) is 16.5. The molecule has 7 nitrogen and oxygen atoms in total. The van der Waals surface area contributed by atoms with E-state index in [1.165, 1.54) is 10.4 Å². The van der Waals surface area contributed by atoms with Gasteiger partial charge in [-0.2, -0.15) is 0 Å². The van der Waals surface area contributed by atoms with Gasteiger partial charge in [-0.15, -0.1) is 0 Å². The highest BCUT2D eigenvalue weighted by Gasteiger charge is 2.26. The van der Waals surface area contributed by atoms with Gasteiger partial charge in [0.15, 0.2) is 11.5 Å². The van der Waals surface area contributed by atoms with Crippen LogP contribution in [0.15, 0.2) is 65.6 Å². The van der Waals surface area contributed by atoms with Crippen LogP contribution in [0.1, 0.15) is 22.8 Å². The zero-order chi connectivity index (χ0) is 22.9. The van der Waals surface area contributed by atoms with Crippen molar-refractivity contribution in [1.82, 2.24) is 0 Å². The van der Waals surface area contributed by atoms with E-state index in [0.29, 0.717) is 28.4 Å². The summed E-state index contributed by atoms with van der Waals surface area (Å²) in [4.78, 5) is 13.0. The number of carbonyl (C=O) groups is 1. The molecule has 1 aliphatic heterocycles. The second-order valence-electron chi connectivity index (χ2n) is 7.13. The monoisotopic (exact) mass is 472 g/mol. The summed E-state index contributed by atoms with van der Waals surface area (Å²) in [7, 11) is -3.89. The zero-order valence-corrected chi connectivity index (χ0v) is 19.0. The van der Waals surface area contributed by atoms with Gasteiger partial charge in [0.25, 0.3) is 15.9 Å². The average Bonchev–Trinajstić information content (AvgIpc) is 3.22. The van der Waals surface area contributed by atoms with Crippen LogP contribution in [-0.4, -0.2) is 27.7 Å². The molecule has 4 rings (SSSR count). The molecule has 0 saturated carbocycles. The lowest BCUT2D eigenvalue weighted by Crippen LogP contribution is -2.31. The van der Waals surface area contributed by atoms with Crippen LogP contribution in [0.25, 0.3) is 0 Å². The molecule has 0 radical (unpaired) electrons. The van der Waals surface area contributed by atoms with Crippen molar-refractivity contribution in [3.8, 4) is 11.5 Å². The number of benzene rings is 3. The minimum atomic E-state index is -3.89. The quantitative estimate of drug-likeness (QED) is 0.554. The minimum absolute atomic E-state index is 0.0626. The fraction of sp³-hybridized carbons (Fsp3) is 0.174. The Hall–Kier alpha value is -3.23. The normalized spacial score (nSPS) is 12.5. The van der Waals surface area contributed by atoms with Crippen molar-refractivity contribution in [3.63, 3.8) is 0 Å². The van der Waals surface area contributed by atoms with E-state index in [0.717, 1.165) is 0 Å². The van der Waals surface area contributed by atoms with E-state index in [2.05, 4.69) is 5.32 Å². The molecule has 0 spiro atoms. The predicted molar refractivity (Wildman–Crippen MR) is 123 cm³/mol. The highest BCUT2D eigenvalue weighted by atomic mass is 35.5. The van der Waals surface area contributed by atoms with E-state index in [1.807, 2.05) is 6.07 Å². The molecule has 1 aliphatic rings. The Bertz CT molecular complexity index is 1280. The Kier molecular flexibility index (Phi) is 5.99. The summed E-state index contributed by atoms with van der Waals surface area (Å²) in [6.07, 6.45) is 0. The van der Waals surface area contributed by atoms with Gasteiger partial charge < -0.3 is 14.8 Å². The number of nitrogens with zero attached hydrogens (tertiary/aromatic N) is 1. The van der Waals surface area contributed by atoms with Crippen LogP contribution in [-0.2, 0) is 10.0 Å². The lowest BCUT2D eigenvalue weighted by Gasteiger charge is -2.24. The van der Waals surface area contributed by atoms with Crippen LogP contribution in [0.2, 0.25) is 5.02 Å². The standard InChI is InChI=1S/C23H21ClN2O5S/c1-3-26(17-7-5-4-6-8-17)32(28,29)22-11-16(10-9-15(22)2)23(27)25-19-13-21-20(12-18(19)24)30-14-31-21/h4-13H,3,14H2,1-2H3,(H,25,27). The van der Waals surface area contributed by atoms with Crippen LogP contribution in [0, 0.1) is 6.92 Å². The van der Waals surface area contributed by atoms with E-state index in [-0.39, 0.29) is 28.8 Å². The maximum atomic E-state index is 13.4. The predicted octanol–water partition coefficient (Wildman–Crippen LogP) is 4.84.